The van der Waals surface area contributed by atoms with Gasteiger partial charge in [-0.05, 0) is 38.6 Å². The Bertz CT molecular complexity index is 556. The van der Waals surface area contributed by atoms with E-state index in [-0.39, 0.29) is 5.69 Å². The van der Waals surface area contributed by atoms with Crippen LogP contribution in [0.2, 0.25) is 0 Å². The molecule has 6 nitrogen and oxygen atoms in total. The minimum atomic E-state index is -0.420. The number of nitriles is 1. The molecule has 116 valence electrons. The molecule has 2 atom stereocenters. The van der Waals surface area contributed by atoms with Gasteiger partial charge in [0.15, 0.2) is 5.16 Å². The number of nitrogens with zero attached hydrogens (tertiary/aromatic N) is 3. The van der Waals surface area contributed by atoms with Crippen LogP contribution in [0.15, 0.2) is 9.95 Å². The third-order valence-electron chi connectivity index (χ3n) is 3.88. The Balaban J connectivity index is 2.10. The molecule has 0 aromatic carbocycles. The Labute approximate surface area is 129 Å². The lowest BCUT2D eigenvalue weighted by molar-refractivity contribution is 0.309. The Kier molecular flexibility index (Phi) is 5.48. The molecule has 2 N–H and O–H groups in total. The summed E-state index contributed by atoms with van der Waals surface area (Å²) in [5, 5.41) is 20.6. The summed E-state index contributed by atoms with van der Waals surface area (Å²) in [6.45, 7) is 5.55. The van der Waals surface area contributed by atoms with Crippen LogP contribution in [0.5, 0.6) is 0 Å². The number of H-pyrrole nitrogens is 1. The van der Waals surface area contributed by atoms with Gasteiger partial charge in [0.25, 0.3) is 0 Å². The van der Waals surface area contributed by atoms with E-state index in [1.165, 1.54) is 0 Å². The fourth-order valence-corrected chi connectivity index (χ4v) is 4.28. The Morgan fingerprint density at radius 1 is 1.62 bits per heavy atom. The first-order chi connectivity index (χ1) is 10.1. The van der Waals surface area contributed by atoms with Crippen molar-refractivity contribution < 1.29 is 0 Å². The van der Waals surface area contributed by atoms with E-state index in [0.717, 1.165) is 43.8 Å². The molecule has 0 bridgehead atoms. The molecule has 1 fully saturated rings. The van der Waals surface area contributed by atoms with E-state index in [4.69, 9.17) is 0 Å². The van der Waals surface area contributed by atoms with Crippen molar-refractivity contribution in [2.75, 3.05) is 6.54 Å². The van der Waals surface area contributed by atoms with Crippen molar-refractivity contribution in [3.8, 4) is 6.07 Å². The van der Waals surface area contributed by atoms with Crippen LogP contribution in [0, 0.1) is 11.3 Å². The van der Waals surface area contributed by atoms with E-state index in [9.17, 15) is 10.1 Å². The highest BCUT2D eigenvalue weighted by molar-refractivity contribution is 7.99. The van der Waals surface area contributed by atoms with Crippen molar-refractivity contribution >= 4 is 11.8 Å². The van der Waals surface area contributed by atoms with Crippen molar-refractivity contribution in [2.45, 2.75) is 68.4 Å². The van der Waals surface area contributed by atoms with Gasteiger partial charge in [-0.25, -0.2) is 9.89 Å². The van der Waals surface area contributed by atoms with Gasteiger partial charge in [-0.15, -0.1) is 5.10 Å². The van der Waals surface area contributed by atoms with E-state index in [1.807, 2.05) is 13.8 Å². The summed E-state index contributed by atoms with van der Waals surface area (Å²) in [5.74, 6) is 0. The van der Waals surface area contributed by atoms with Crippen molar-refractivity contribution in [2.24, 2.45) is 0 Å². The molecule has 21 heavy (non-hydrogen) atoms. The van der Waals surface area contributed by atoms with Gasteiger partial charge in [-0.3, -0.25) is 9.88 Å². The van der Waals surface area contributed by atoms with Crippen molar-refractivity contribution in [3.05, 3.63) is 10.5 Å². The fourth-order valence-electron chi connectivity index (χ4n) is 2.93. The quantitative estimate of drug-likeness (QED) is 0.838. The molecule has 1 aliphatic carbocycles. The number of hydrogen-bond donors (Lipinski definition) is 2. The lowest BCUT2D eigenvalue weighted by Crippen LogP contribution is -2.48. The average Bonchev–Trinajstić information content (AvgIpc) is 2.81. The highest BCUT2D eigenvalue weighted by Gasteiger charge is 2.36. The molecule has 1 aliphatic rings. The molecule has 1 aromatic rings. The topological polar surface area (TPSA) is 86.5 Å². The molecule has 0 amide bonds. The molecule has 0 radical (unpaired) electrons. The maximum absolute atomic E-state index is 11.7. The highest BCUT2D eigenvalue weighted by atomic mass is 32.2. The number of rotatable bonds is 6. The maximum Gasteiger partial charge on any atom is 0.343 e. The van der Waals surface area contributed by atoms with Gasteiger partial charge in [0, 0.05) is 11.8 Å². The van der Waals surface area contributed by atoms with Crippen LogP contribution < -0.4 is 11.0 Å². The highest BCUT2D eigenvalue weighted by Crippen LogP contribution is 2.37. The standard InChI is InChI=1S/C14H23N5OS/c1-3-8-19-12(20)17-18-13(19)21-11-6-5-7-14(9-11,10-15)16-4-2/h11,16H,3-9H2,1-2H3,(H,17,20). The summed E-state index contributed by atoms with van der Waals surface area (Å²) in [7, 11) is 0. The third kappa shape index (κ3) is 3.69. The maximum atomic E-state index is 11.7. The molecular weight excluding hydrogens is 286 g/mol. The first-order valence-corrected chi connectivity index (χ1v) is 8.50. The smallest absolute Gasteiger partial charge is 0.300 e. The number of aromatic amines is 1. The lowest BCUT2D eigenvalue weighted by Gasteiger charge is -2.35. The van der Waals surface area contributed by atoms with E-state index >= 15 is 0 Å². The molecule has 1 heterocycles. The van der Waals surface area contributed by atoms with Crippen LogP contribution in [0.3, 0.4) is 0 Å². The van der Waals surface area contributed by atoms with Crippen molar-refractivity contribution in [3.63, 3.8) is 0 Å². The summed E-state index contributed by atoms with van der Waals surface area (Å²) in [6.07, 6.45) is 4.69. The van der Waals surface area contributed by atoms with E-state index in [0.29, 0.717) is 11.8 Å². The molecule has 0 spiro atoms. The summed E-state index contributed by atoms with van der Waals surface area (Å²) in [5.41, 5.74) is -0.565. The number of aromatic nitrogens is 3. The van der Waals surface area contributed by atoms with Gasteiger partial charge in [-0.2, -0.15) is 5.26 Å². The summed E-state index contributed by atoms with van der Waals surface area (Å²) >= 11 is 1.62. The number of nitrogens with one attached hydrogen (secondary N) is 2. The number of thioether (sulfide) groups is 1. The van der Waals surface area contributed by atoms with Gasteiger partial charge in [0.2, 0.25) is 0 Å². The van der Waals surface area contributed by atoms with Gasteiger partial charge in [-0.1, -0.05) is 25.6 Å². The lowest BCUT2D eigenvalue weighted by atomic mass is 9.82. The van der Waals surface area contributed by atoms with Gasteiger partial charge in [0.1, 0.15) is 5.54 Å². The summed E-state index contributed by atoms with van der Waals surface area (Å²) in [4.78, 5) is 11.7. The monoisotopic (exact) mass is 309 g/mol. The van der Waals surface area contributed by atoms with Crippen molar-refractivity contribution in [1.82, 2.24) is 20.1 Å². The molecule has 2 rings (SSSR count). The minimum absolute atomic E-state index is 0.145. The van der Waals surface area contributed by atoms with Gasteiger partial charge in [0.05, 0.1) is 6.07 Å². The normalized spacial score (nSPS) is 25.7. The SMILES string of the molecule is CCCn1c(SC2CCCC(C#N)(NCC)C2)n[nH]c1=O. The first kappa shape index (κ1) is 16.1. The second-order valence-corrected chi connectivity index (χ2v) is 6.79. The molecular formula is C14H23N5OS. The largest absolute Gasteiger partial charge is 0.343 e. The Morgan fingerprint density at radius 3 is 3.10 bits per heavy atom. The second-order valence-electron chi connectivity index (χ2n) is 5.52. The van der Waals surface area contributed by atoms with Crippen LogP contribution in [-0.4, -0.2) is 32.1 Å². The first-order valence-electron chi connectivity index (χ1n) is 7.62. The van der Waals surface area contributed by atoms with Crippen LogP contribution in [-0.2, 0) is 6.54 Å². The molecule has 1 aromatic heterocycles. The van der Waals surface area contributed by atoms with E-state index in [1.54, 1.807) is 16.3 Å². The third-order valence-corrected chi connectivity index (χ3v) is 5.14. The van der Waals surface area contributed by atoms with Crippen LogP contribution in [0.4, 0.5) is 0 Å². The predicted octanol–water partition coefficient (Wildman–Crippen LogP) is 1.89. The van der Waals surface area contributed by atoms with Crippen LogP contribution >= 0.6 is 11.8 Å². The Morgan fingerprint density at radius 2 is 2.43 bits per heavy atom. The zero-order valence-corrected chi connectivity index (χ0v) is 13.5. The number of hydrogen-bond acceptors (Lipinski definition) is 5. The predicted molar refractivity (Wildman–Crippen MR) is 83.3 cm³/mol. The van der Waals surface area contributed by atoms with Crippen molar-refractivity contribution in [1.29, 1.82) is 5.26 Å². The molecule has 0 aliphatic heterocycles. The second kappa shape index (κ2) is 7.14. The fraction of sp³-hybridized carbons (Fsp3) is 0.786. The molecule has 0 saturated heterocycles. The zero-order valence-electron chi connectivity index (χ0n) is 12.7. The van der Waals surface area contributed by atoms with Crippen LogP contribution in [0.25, 0.3) is 0 Å². The van der Waals surface area contributed by atoms with Crippen LogP contribution in [0.1, 0.15) is 46.0 Å². The molecule has 2 unspecified atom stereocenters. The van der Waals surface area contributed by atoms with E-state index < -0.39 is 5.54 Å². The summed E-state index contributed by atoms with van der Waals surface area (Å²) < 4.78 is 1.70. The zero-order chi connectivity index (χ0) is 15.3. The molecule has 1 saturated carbocycles. The molecule has 7 heteroatoms. The average molecular weight is 309 g/mol. The minimum Gasteiger partial charge on any atom is -0.300 e. The van der Waals surface area contributed by atoms with Gasteiger partial charge < -0.3 is 0 Å². The van der Waals surface area contributed by atoms with E-state index in [2.05, 4.69) is 21.6 Å². The van der Waals surface area contributed by atoms with Gasteiger partial charge >= 0.3 is 5.69 Å². The summed E-state index contributed by atoms with van der Waals surface area (Å²) in [6, 6.07) is 2.46. The Hall–Kier alpha value is -1.26.